The zero-order chi connectivity index (χ0) is 24.8. The van der Waals surface area contributed by atoms with Crippen molar-refractivity contribution < 1.29 is 14.0 Å². The molecule has 0 aliphatic heterocycles. The van der Waals surface area contributed by atoms with Gasteiger partial charge >= 0.3 is 0 Å². The quantitative estimate of drug-likeness (QED) is 0.347. The molecular weight excluding hydrogens is 465 g/mol. The van der Waals surface area contributed by atoms with E-state index < -0.39 is 5.91 Å². The molecule has 1 heterocycles. The van der Waals surface area contributed by atoms with Crippen molar-refractivity contribution in [3.05, 3.63) is 106 Å². The monoisotopic (exact) mass is 489 g/mol. The van der Waals surface area contributed by atoms with Crippen LogP contribution < -0.4 is 10.6 Å². The van der Waals surface area contributed by atoms with Crippen LogP contribution in [-0.4, -0.2) is 34.0 Å². The topological polar surface area (TPSA) is 87.2 Å². The number of aromatic nitrogens is 2. The van der Waals surface area contributed by atoms with E-state index in [0.717, 1.165) is 5.56 Å². The highest BCUT2D eigenvalue weighted by Gasteiger charge is 2.18. The molecule has 178 valence electrons. The van der Waals surface area contributed by atoms with Gasteiger partial charge in [-0.1, -0.05) is 41.7 Å². The number of anilines is 2. The number of benzene rings is 3. The number of hydrogen-bond donors (Lipinski definition) is 2. The fourth-order valence-corrected chi connectivity index (χ4v) is 4.20. The molecule has 2 N–H and O–H groups in total. The summed E-state index contributed by atoms with van der Waals surface area (Å²) >= 11 is 1.21. The number of nitrogens with one attached hydrogen (secondary N) is 2. The molecule has 0 aliphatic carbocycles. The summed E-state index contributed by atoms with van der Waals surface area (Å²) in [6.07, 6.45) is 0. The molecular formula is C26H24FN5O2S. The molecule has 0 saturated carbocycles. The number of nitrogens with zero attached hydrogens (tertiary/aromatic N) is 3. The van der Waals surface area contributed by atoms with Gasteiger partial charge in [0.05, 0.1) is 6.54 Å². The Morgan fingerprint density at radius 3 is 2.37 bits per heavy atom. The molecule has 4 rings (SSSR count). The van der Waals surface area contributed by atoms with Gasteiger partial charge in [0.15, 0.2) is 0 Å². The fraction of sp³-hybridized carbons (Fsp3) is 0.154. The summed E-state index contributed by atoms with van der Waals surface area (Å²) < 4.78 is 13.1. The van der Waals surface area contributed by atoms with Crippen LogP contribution in [0.25, 0.3) is 0 Å². The first-order chi connectivity index (χ1) is 16.9. The summed E-state index contributed by atoms with van der Waals surface area (Å²) in [5.74, 6) is -0.926. The molecule has 1 atom stereocenters. The van der Waals surface area contributed by atoms with Crippen molar-refractivity contribution in [3.8, 4) is 0 Å². The Kier molecular flexibility index (Phi) is 7.59. The maximum absolute atomic E-state index is 13.1. The highest BCUT2D eigenvalue weighted by atomic mass is 32.1. The SMILES string of the molecule is CC(c1cccc(NC(=O)c2ccccc2)c1)N(C)Cc1nnc(C(=O)Nc2ccc(F)cc2)s1. The van der Waals surface area contributed by atoms with E-state index in [0.29, 0.717) is 28.5 Å². The lowest BCUT2D eigenvalue weighted by Gasteiger charge is -2.24. The van der Waals surface area contributed by atoms with Gasteiger partial charge in [-0.3, -0.25) is 14.5 Å². The lowest BCUT2D eigenvalue weighted by molar-refractivity contribution is 0.101. The number of hydrogen-bond acceptors (Lipinski definition) is 6. The van der Waals surface area contributed by atoms with E-state index in [-0.39, 0.29) is 22.8 Å². The first kappa shape index (κ1) is 24.2. The van der Waals surface area contributed by atoms with Crippen molar-refractivity contribution in [1.82, 2.24) is 15.1 Å². The Labute approximate surface area is 206 Å². The maximum Gasteiger partial charge on any atom is 0.286 e. The standard InChI is InChI=1S/C26H24FN5O2S/c1-17(19-9-6-10-22(15-19)29-24(33)18-7-4-3-5-8-18)32(2)16-23-30-31-26(35-23)25(34)28-21-13-11-20(27)12-14-21/h3-15,17H,16H2,1-2H3,(H,28,34)(H,29,33). The average molecular weight is 490 g/mol. The van der Waals surface area contributed by atoms with E-state index in [1.807, 2.05) is 49.5 Å². The predicted molar refractivity (Wildman–Crippen MR) is 135 cm³/mol. The van der Waals surface area contributed by atoms with Crippen LogP contribution in [0.4, 0.5) is 15.8 Å². The van der Waals surface area contributed by atoms with Gasteiger partial charge in [-0.25, -0.2) is 4.39 Å². The third-order valence-corrected chi connectivity index (χ3v) is 6.38. The minimum Gasteiger partial charge on any atom is -0.322 e. The molecule has 35 heavy (non-hydrogen) atoms. The average Bonchev–Trinajstić information content (AvgIpc) is 3.34. The molecule has 7 nitrogen and oxygen atoms in total. The van der Waals surface area contributed by atoms with E-state index in [1.54, 1.807) is 12.1 Å². The lowest BCUT2D eigenvalue weighted by atomic mass is 10.1. The van der Waals surface area contributed by atoms with Gasteiger partial charge in [-0.2, -0.15) is 0 Å². The van der Waals surface area contributed by atoms with Crippen LogP contribution in [0.3, 0.4) is 0 Å². The highest BCUT2D eigenvalue weighted by molar-refractivity contribution is 7.13. The maximum atomic E-state index is 13.1. The van der Waals surface area contributed by atoms with Crippen molar-refractivity contribution >= 4 is 34.5 Å². The van der Waals surface area contributed by atoms with Crippen LogP contribution in [0.1, 0.15) is 43.7 Å². The second kappa shape index (κ2) is 11.0. The first-order valence-electron chi connectivity index (χ1n) is 10.9. The number of carbonyl (C=O) groups excluding carboxylic acids is 2. The minimum absolute atomic E-state index is 0.0176. The summed E-state index contributed by atoms with van der Waals surface area (Å²) in [6, 6.07) is 22.3. The van der Waals surface area contributed by atoms with E-state index in [4.69, 9.17) is 0 Å². The molecule has 0 spiro atoms. The Morgan fingerprint density at radius 2 is 1.63 bits per heavy atom. The first-order valence-corrected chi connectivity index (χ1v) is 11.8. The van der Waals surface area contributed by atoms with E-state index >= 15 is 0 Å². The minimum atomic E-state index is -0.391. The normalized spacial score (nSPS) is 11.8. The smallest absolute Gasteiger partial charge is 0.286 e. The third kappa shape index (κ3) is 6.34. The number of halogens is 1. The summed E-state index contributed by atoms with van der Waals surface area (Å²) in [4.78, 5) is 27.0. The third-order valence-electron chi connectivity index (χ3n) is 5.47. The summed E-state index contributed by atoms with van der Waals surface area (Å²) in [5, 5.41) is 14.7. The molecule has 4 aromatic rings. The van der Waals surface area contributed by atoms with Gasteiger partial charge in [-0.15, -0.1) is 10.2 Å². The van der Waals surface area contributed by atoms with Crippen molar-refractivity contribution in [1.29, 1.82) is 0 Å². The Morgan fingerprint density at radius 1 is 0.914 bits per heavy atom. The molecule has 0 radical (unpaired) electrons. The van der Waals surface area contributed by atoms with Gasteiger partial charge in [0.2, 0.25) is 5.01 Å². The van der Waals surface area contributed by atoms with Crippen LogP contribution >= 0.6 is 11.3 Å². The summed E-state index contributed by atoms with van der Waals surface area (Å²) in [5.41, 5.74) is 2.82. The molecule has 3 aromatic carbocycles. The fourth-order valence-electron chi connectivity index (χ4n) is 3.40. The number of carbonyl (C=O) groups is 2. The molecule has 0 bridgehead atoms. The Bertz CT molecular complexity index is 1310. The second-order valence-electron chi connectivity index (χ2n) is 8.00. The van der Waals surface area contributed by atoms with E-state index in [9.17, 15) is 14.0 Å². The van der Waals surface area contributed by atoms with Gasteiger partial charge in [0.25, 0.3) is 11.8 Å². The largest absolute Gasteiger partial charge is 0.322 e. The van der Waals surface area contributed by atoms with E-state index in [1.165, 1.54) is 35.6 Å². The number of rotatable bonds is 8. The molecule has 2 amide bonds. The van der Waals surface area contributed by atoms with Gasteiger partial charge < -0.3 is 10.6 Å². The molecule has 0 fully saturated rings. The van der Waals surface area contributed by atoms with Crippen LogP contribution in [0.2, 0.25) is 0 Å². The molecule has 1 unspecified atom stereocenters. The molecule has 0 aliphatic rings. The van der Waals surface area contributed by atoms with Crippen LogP contribution in [0.15, 0.2) is 78.9 Å². The highest BCUT2D eigenvalue weighted by Crippen LogP contribution is 2.25. The van der Waals surface area contributed by atoms with Crippen molar-refractivity contribution in [3.63, 3.8) is 0 Å². The van der Waals surface area contributed by atoms with Gasteiger partial charge in [-0.05, 0) is 68.1 Å². The van der Waals surface area contributed by atoms with Gasteiger partial charge in [0.1, 0.15) is 10.8 Å². The predicted octanol–water partition coefficient (Wildman–Crippen LogP) is 5.37. The van der Waals surface area contributed by atoms with Gasteiger partial charge in [0, 0.05) is 23.0 Å². The van der Waals surface area contributed by atoms with Crippen molar-refractivity contribution in [2.75, 3.05) is 17.7 Å². The van der Waals surface area contributed by atoms with Crippen LogP contribution in [0.5, 0.6) is 0 Å². The zero-order valence-corrected chi connectivity index (χ0v) is 20.1. The zero-order valence-electron chi connectivity index (χ0n) is 19.2. The summed E-state index contributed by atoms with van der Waals surface area (Å²) in [7, 11) is 1.96. The molecule has 1 aromatic heterocycles. The Hall–Kier alpha value is -3.95. The Balaban J connectivity index is 1.37. The van der Waals surface area contributed by atoms with Crippen molar-refractivity contribution in [2.45, 2.75) is 19.5 Å². The van der Waals surface area contributed by atoms with Crippen LogP contribution in [0, 0.1) is 5.82 Å². The lowest BCUT2D eigenvalue weighted by Crippen LogP contribution is -2.22. The molecule has 0 saturated heterocycles. The second-order valence-corrected chi connectivity index (χ2v) is 9.06. The van der Waals surface area contributed by atoms with Crippen LogP contribution in [-0.2, 0) is 6.54 Å². The van der Waals surface area contributed by atoms with E-state index in [2.05, 4.69) is 32.7 Å². The summed E-state index contributed by atoms with van der Waals surface area (Å²) in [6.45, 7) is 2.55. The number of amides is 2. The molecule has 9 heteroatoms. The van der Waals surface area contributed by atoms with Crippen molar-refractivity contribution in [2.24, 2.45) is 0 Å².